The molecule has 0 saturated carbocycles. The summed E-state index contributed by atoms with van der Waals surface area (Å²) in [5.41, 5.74) is 0. The SMILES string of the molecule is CC(=O)CC[C@H](OC(C)=O)[C@H](OC(C)=O)[C@@H](OC(C)=O)[C@@H](CC(C)C)OC(C)=O. The summed E-state index contributed by atoms with van der Waals surface area (Å²) >= 11 is 0. The highest BCUT2D eigenvalue weighted by molar-refractivity contribution is 5.75. The minimum Gasteiger partial charge on any atom is -0.458 e. The molecule has 166 valence electrons. The largest absolute Gasteiger partial charge is 0.458 e. The Hall–Kier alpha value is -2.45. The number of Topliss-reactive ketones (excluding diaryl/α,β-unsaturated/α-hetero) is 1. The fourth-order valence-electron chi connectivity index (χ4n) is 2.87. The summed E-state index contributed by atoms with van der Waals surface area (Å²) in [6, 6.07) is 0. The molecule has 0 heterocycles. The van der Waals surface area contributed by atoms with Gasteiger partial charge in [0, 0.05) is 34.1 Å². The quantitative estimate of drug-likeness (QED) is 0.348. The Balaban J connectivity index is 6.17. The lowest BCUT2D eigenvalue weighted by Gasteiger charge is -2.36. The Kier molecular flexibility index (Phi) is 11.8. The van der Waals surface area contributed by atoms with Gasteiger partial charge in [-0.1, -0.05) is 13.8 Å². The van der Waals surface area contributed by atoms with Gasteiger partial charge in [-0.25, -0.2) is 0 Å². The average molecular weight is 416 g/mol. The summed E-state index contributed by atoms with van der Waals surface area (Å²) in [6.45, 7) is 9.81. The molecule has 0 N–H and O–H groups in total. The van der Waals surface area contributed by atoms with E-state index in [0.717, 1.165) is 13.8 Å². The molecule has 0 fully saturated rings. The van der Waals surface area contributed by atoms with E-state index in [1.54, 1.807) is 0 Å². The van der Waals surface area contributed by atoms with E-state index in [9.17, 15) is 24.0 Å². The molecule has 0 amide bonds. The molecule has 0 bridgehead atoms. The molecule has 9 heteroatoms. The first kappa shape index (κ1) is 26.6. The lowest BCUT2D eigenvalue weighted by Crippen LogP contribution is -2.52. The van der Waals surface area contributed by atoms with Gasteiger partial charge in [-0.3, -0.25) is 19.2 Å². The molecule has 0 spiro atoms. The van der Waals surface area contributed by atoms with E-state index in [0.29, 0.717) is 6.42 Å². The zero-order chi connectivity index (χ0) is 22.7. The predicted molar refractivity (Wildman–Crippen MR) is 102 cm³/mol. The van der Waals surface area contributed by atoms with Crippen LogP contribution in [0.3, 0.4) is 0 Å². The number of carbonyl (C=O) groups excluding carboxylic acids is 5. The van der Waals surface area contributed by atoms with Crippen molar-refractivity contribution in [2.75, 3.05) is 0 Å². The van der Waals surface area contributed by atoms with Crippen LogP contribution in [0.5, 0.6) is 0 Å². The van der Waals surface area contributed by atoms with E-state index in [1.807, 2.05) is 13.8 Å². The van der Waals surface area contributed by atoms with E-state index in [2.05, 4.69) is 0 Å². The van der Waals surface area contributed by atoms with E-state index in [-0.39, 0.29) is 24.5 Å². The summed E-state index contributed by atoms with van der Waals surface area (Å²) in [7, 11) is 0. The van der Waals surface area contributed by atoms with Crippen molar-refractivity contribution in [2.24, 2.45) is 5.92 Å². The van der Waals surface area contributed by atoms with Crippen molar-refractivity contribution in [3.8, 4) is 0 Å². The van der Waals surface area contributed by atoms with Crippen LogP contribution in [-0.4, -0.2) is 54.1 Å². The topological polar surface area (TPSA) is 122 Å². The Bertz CT molecular complexity index is 597. The van der Waals surface area contributed by atoms with Crippen LogP contribution >= 0.6 is 0 Å². The van der Waals surface area contributed by atoms with E-state index < -0.39 is 48.3 Å². The number of esters is 4. The van der Waals surface area contributed by atoms with Gasteiger partial charge in [-0.2, -0.15) is 0 Å². The molecule has 0 aliphatic rings. The third kappa shape index (κ3) is 11.9. The molecule has 0 aliphatic heterocycles. The first-order valence-corrected chi connectivity index (χ1v) is 9.51. The lowest BCUT2D eigenvalue weighted by molar-refractivity contribution is -0.199. The molecule has 0 aromatic carbocycles. The normalized spacial score (nSPS) is 14.9. The van der Waals surface area contributed by atoms with E-state index in [1.165, 1.54) is 20.8 Å². The molecule has 0 radical (unpaired) electrons. The van der Waals surface area contributed by atoms with Crippen LogP contribution in [0.4, 0.5) is 0 Å². The number of rotatable bonds is 12. The number of ketones is 1. The molecule has 9 nitrogen and oxygen atoms in total. The summed E-state index contributed by atoms with van der Waals surface area (Å²) < 4.78 is 21.4. The monoisotopic (exact) mass is 416 g/mol. The third-order valence-corrected chi connectivity index (χ3v) is 3.78. The molecule has 0 unspecified atom stereocenters. The highest BCUT2D eigenvalue weighted by atomic mass is 16.6. The minimum absolute atomic E-state index is 0.0408. The Morgan fingerprint density at radius 3 is 1.34 bits per heavy atom. The second-order valence-electron chi connectivity index (χ2n) is 7.31. The summed E-state index contributed by atoms with van der Waals surface area (Å²) in [5, 5.41) is 0. The van der Waals surface area contributed by atoms with E-state index in [4.69, 9.17) is 18.9 Å². The maximum atomic E-state index is 11.8. The molecular weight excluding hydrogens is 384 g/mol. The molecule has 0 aromatic rings. The zero-order valence-corrected chi connectivity index (χ0v) is 18.2. The molecular formula is C20H32O9. The van der Waals surface area contributed by atoms with Gasteiger partial charge in [0.05, 0.1) is 0 Å². The second-order valence-corrected chi connectivity index (χ2v) is 7.31. The smallest absolute Gasteiger partial charge is 0.303 e. The molecule has 4 atom stereocenters. The van der Waals surface area contributed by atoms with Crippen LogP contribution in [0.15, 0.2) is 0 Å². The van der Waals surface area contributed by atoms with Gasteiger partial charge in [-0.15, -0.1) is 0 Å². The van der Waals surface area contributed by atoms with E-state index >= 15 is 0 Å². The zero-order valence-electron chi connectivity index (χ0n) is 18.2. The number of hydrogen-bond acceptors (Lipinski definition) is 9. The van der Waals surface area contributed by atoms with Gasteiger partial charge >= 0.3 is 23.9 Å². The first-order chi connectivity index (χ1) is 13.3. The van der Waals surface area contributed by atoms with Crippen LogP contribution in [0.25, 0.3) is 0 Å². The average Bonchev–Trinajstić information content (AvgIpc) is 2.52. The molecule has 0 rings (SSSR count). The van der Waals surface area contributed by atoms with Gasteiger partial charge in [0.1, 0.15) is 18.0 Å². The first-order valence-electron chi connectivity index (χ1n) is 9.51. The van der Waals surface area contributed by atoms with Gasteiger partial charge in [0.25, 0.3) is 0 Å². The Morgan fingerprint density at radius 1 is 0.621 bits per heavy atom. The number of hydrogen-bond donors (Lipinski definition) is 0. The predicted octanol–water partition coefficient (Wildman–Crippen LogP) is 2.13. The standard InChI is InChI=1S/C20H32O9/c1-11(2)10-18(27-14(5)23)20(29-16(7)25)19(28-15(6)24)17(26-13(4)22)9-8-12(3)21/h11,17-20H,8-10H2,1-7H3/t17-,18+,19-,20-/m0/s1. The maximum Gasteiger partial charge on any atom is 0.303 e. The van der Waals surface area contributed by atoms with Crippen LogP contribution < -0.4 is 0 Å². The van der Waals surface area contributed by atoms with Gasteiger partial charge in [0.2, 0.25) is 0 Å². The fourth-order valence-corrected chi connectivity index (χ4v) is 2.87. The fraction of sp³-hybridized carbons (Fsp3) is 0.750. The number of carbonyl (C=O) groups is 5. The number of ether oxygens (including phenoxy) is 4. The van der Waals surface area contributed by atoms with Crippen LogP contribution in [0.2, 0.25) is 0 Å². The molecule has 0 aromatic heterocycles. The van der Waals surface area contributed by atoms with Crippen molar-refractivity contribution >= 4 is 29.7 Å². The maximum absolute atomic E-state index is 11.8. The van der Waals surface area contributed by atoms with Crippen LogP contribution in [0.1, 0.15) is 67.7 Å². The van der Waals surface area contributed by atoms with Gasteiger partial charge in [0.15, 0.2) is 12.2 Å². The van der Waals surface area contributed by atoms with Crippen molar-refractivity contribution in [1.82, 2.24) is 0 Å². The molecule has 0 aliphatic carbocycles. The van der Waals surface area contributed by atoms with Gasteiger partial charge < -0.3 is 23.7 Å². The molecule has 29 heavy (non-hydrogen) atoms. The summed E-state index contributed by atoms with van der Waals surface area (Å²) in [6.07, 6.45) is -4.12. The molecule has 0 saturated heterocycles. The summed E-state index contributed by atoms with van der Waals surface area (Å²) in [4.78, 5) is 58.2. The van der Waals surface area contributed by atoms with Crippen molar-refractivity contribution in [2.45, 2.75) is 92.1 Å². The van der Waals surface area contributed by atoms with Crippen molar-refractivity contribution in [1.29, 1.82) is 0 Å². The minimum atomic E-state index is -1.26. The highest BCUT2D eigenvalue weighted by Crippen LogP contribution is 2.25. The lowest BCUT2D eigenvalue weighted by atomic mass is 9.93. The van der Waals surface area contributed by atoms with Crippen molar-refractivity contribution < 1.29 is 42.9 Å². The second kappa shape index (κ2) is 12.9. The Labute approximate surface area is 171 Å². The van der Waals surface area contributed by atoms with Gasteiger partial charge in [-0.05, 0) is 25.7 Å². The van der Waals surface area contributed by atoms with Crippen molar-refractivity contribution in [3.63, 3.8) is 0 Å². The van der Waals surface area contributed by atoms with Crippen LogP contribution in [-0.2, 0) is 42.9 Å². The highest BCUT2D eigenvalue weighted by Gasteiger charge is 2.43. The summed E-state index contributed by atoms with van der Waals surface area (Å²) in [5.74, 6) is -2.79. The Morgan fingerprint density at radius 2 is 1.00 bits per heavy atom. The third-order valence-electron chi connectivity index (χ3n) is 3.78. The van der Waals surface area contributed by atoms with Crippen LogP contribution in [0, 0.1) is 5.92 Å². The van der Waals surface area contributed by atoms with Crippen molar-refractivity contribution in [3.05, 3.63) is 0 Å².